The Morgan fingerprint density at radius 3 is 2.95 bits per heavy atom. The maximum atomic E-state index is 11.5. The summed E-state index contributed by atoms with van der Waals surface area (Å²) < 4.78 is 6.52. The smallest absolute Gasteiger partial charge is 0.358 e. The molecule has 0 bridgehead atoms. The average molecular weight is 273 g/mol. The third-order valence-electron chi connectivity index (χ3n) is 2.84. The van der Waals surface area contributed by atoms with Gasteiger partial charge < -0.3 is 10.5 Å². The summed E-state index contributed by atoms with van der Waals surface area (Å²) in [5, 5.41) is 1.97. The third-order valence-corrected chi connectivity index (χ3v) is 3.68. The molecule has 0 radical (unpaired) electrons. The van der Waals surface area contributed by atoms with Crippen molar-refractivity contribution in [2.24, 2.45) is 0 Å². The number of carbonyl (C=O) groups is 1. The zero-order chi connectivity index (χ0) is 13.4. The summed E-state index contributed by atoms with van der Waals surface area (Å²) >= 11 is 1.45. The fourth-order valence-corrected chi connectivity index (χ4v) is 2.78. The molecule has 1 aromatic carbocycles. The summed E-state index contributed by atoms with van der Waals surface area (Å²) in [5.74, 6) is -0.442. The maximum Gasteiger partial charge on any atom is 0.358 e. The number of carbonyl (C=O) groups excluding carboxylic acids is 1. The summed E-state index contributed by atoms with van der Waals surface area (Å²) in [5.41, 5.74) is 8.80. The van der Waals surface area contributed by atoms with Crippen LogP contribution in [-0.2, 0) is 4.74 Å². The first kappa shape index (κ1) is 11.7. The Morgan fingerprint density at radius 1 is 1.42 bits per heavy atom. The molecule has 0 saturated heterocycles. The van der Waals surface area contributed by atoms with E-state index in [2.05, 4.69) is 9.72 Å². The zero-order valence-corrected chi connectivity index (χ0v) is 11.0. The number of thiazole rings is 1. The first-order valence-corrected chi connectivity index (χ1v) is 6.48. The fraction of sp³-hybridized carbons (Fsp3) is 0.0769. The van der Waals surface area contributed by atoms with E-state index in [0.29, 0.717) is 11.4 Å². The van der Waals surface area contributed by atoms with E-state index >= 15 is 0 Å². The zero-order valence-electron chi connectivity index (χ0n) is 10.2. The Morgan fingerprint density at radius 2 is 2.21 bits per heavy atom. The molecular weight excluding hydrogens is 262 g/mol. The van der Waals surface area contributed by atoms with Crippen LogP contribution in [0, 0.1) is 0 Å². The van der Waals surface area contributed by atoms with Gasteiger partial charge in [0.05, 0.1) is 12.8 Å². The molecule has 3 aromatic rings. The van der Waals surface area contributed by atoms with Crippen LogP contribution in [0.25, 0.3) is 16.2 Å². The number of methoxy groups -OCH3 is 1. The highest BCUT2D eigenvalue weighted by Crippen LogP contribution is 2.30. The lowest BCUT2D eigenvalue weighted by molar-refractivity contribution is 0.0595. The topological polar surface area (TPSA) is 69.6 Å². The number of imidazole rings is 1. The van der Waals surface area contributed by atoms with E-state index < -0.39 is 5.97 Å². The predicted molar refractivity (Wildman–Crippen MR) is 74.3 cm³/mol. The number of ether oxygens (including phenoxy) is 1. The van der Waals surface area contributed by atoms with Crippen molar-refractivity contribution in [2.75, 3.05) is 12.8 Å². The van der Waals surface area contributed by atoms with Crippen molar-refractivity contribution in [2.45, 2.75) is 0 Å². The van der Waals surface area contributed by atoms with Gasteiger partial charge in [0.1, 0.15) is 0 Å². The largest absolute Gasteiger partial charge is 0.464 e. The second-order valence-corrected chi connectivity index (χ2v) is 4.82. The van der Waals surface area contributed by atoms with Gasteiger partial charge in [-0.1, -0.05) is 18.2 Å². The molecule has 5 nitrogen and oxygen atoms in total. The summed E-state index contributed by atoms with van der Waals surface area (Å²) in [4.78, 5) is 16.4. The lowest BCUT2D eigenvalue weighted by Gasteiger charge is -2.03. The molecule has 0 aliphatic carbocycles. The van der Waals surface area contributed by atoms with Crippen LogP contribution in [0.15, 0.2) is 35.8 Å². The first-order valence-electron chi connectivity index (χ1n) is 5.60. The standard InChI is InChI=1S/C13H11N3O2S/c1-18-12(17)10-6-16-11(7-19-13(16)15-10)8-4-2-3-5-9(8)14/h2-7H,14H2,1H3. The van der Waals surface area contributed by atoms with Gasteiger partial charge in [-0.2, -0.15) is 0 Å². The number of rotatable bonds is 2. The maximum absolute atomic E-state index is 11.5. The van der Waals surface area contributed by atoms with Crippen LogP contribution in [0.2, 0.25) is 0 Å². The van der Waals surface area contributed by atoms with Gasteiger partial charge in [0.25, 0.3) is 0 Å². The van der Waals surface area contributed by atoms with E-state index in [0.717, 1.165) is 16.2 Å². The number of aromatic nitrogens is 2. The number of nitrogens with two attached hydrogens (primary N) is 1. The number of nitrogen functional groups attached to an aromatic ring is 1. The number of anilines is 1. The Kier molecular flexibility index (Phi) is 2.72. The van der Waals surface area contributed by atoms with Crippen molar-refractivity contribution in [3.8, 4) is 11.3 Å². The minimum absolute atomic E-state index is 0.296. The molecule has 0 spiro atoms. The van der Waals surface area contributed by atoms with E-state index in [1.54, 1.807) is 6.20 Å². The molecule has 0 atom stereocenters. The number of hydrogen-bond acceptors (Lipinski definition) is 5. The van der Waals surface area contributed by atoms with Gasteiger partial charge in [-0.05, 0) is 6.07 Å². The van der Waals surface area contributed by atoms with Gasteiger partial charge in [0, 0.05) is 22.8 Å². The van der Waals surface area contributed by atoms with Gasteiger partial charge >= 0.3 is 5.97 Å². The number of esters is 1. The molecule has 6 heteroatoms. The molecule has 0 saturated carbocycles. The Bertz CT molecular complexity index is 760. The van der Waals surface area contributed by atoms with E-state index in [1.807, 2.05) is 34.0 Å². The van der Waals surface area contributed by atoms with Gasteiger partial charge in [-0.25, -0.2) is 9.78 Å². The van der Waals surface area contributed by atoms with Gasteiger partial charge in [-0.3, -0.25) is 4.40 Å². The minimum atomic E-state index is -0.442. The summed E-state index contributed by atoms with van der Waals surface area (Å²) in [6.45, 7) is 0. The number of hydrogen-bond donors (Lipinski definition) is 1. The fourth-order valence-electron chi connectivity index (χ4n) is 1.91. The van der Waals surface area contributed by atoms with E-state index in [1.165, 1.54) is 18.4 Å². The Labute approximate surface area is 113 Å². The lowest BCUT2D eigenvalue weighted by atomic mass is 10.1. The van der Waals surface area contributed by atoms with Crippen molar-refractivity contribution in [1.29, 1.82) is 0 Å². The molecule has 3 rings (SSSR count). The molecule has 19 heavy (non-hydrogen) atoms. The molecule has 96 valence electrons. The molecule has 2 heterocycles. The molecule has 0 aliphatic heterocycles. The van der Waals surface area contributed by atoms with Crippen LogP contribution in [0.5, 0.6) is 0 Å². The second-order valence-electron chi connectivity index (χ2n) is 3.98. The van der Waals surface area contributed by atoms with Gasteiger partial charge in [0.2, 0.25) is 0 Å². The Hall–Kier alpha value is -2.34. The Balaban J connectivity index is 2.18. The number of fused-ring (bicyclic) bond motifs is 1. The highest BCUT2D eigenvalue weighted by Gasteiger charge is 2.15. The van der Waals surface area contributed by atoms with Crippen LogP contribution < -0.4 is 5.73 Å². The van der Waals surface area contributed by atoms with Gasteiger partial charge in [-0.15, -0.1) is 11.3 Å². The highest BCUT2D eigenvalue weighted by molar-refractivity contribution is 7.15. The van der Waals surface area contributed by atoms with Crippen molar-refractivity contribution in [3.63, 3.8) is 0 Å². The van der Waals surface area contributed by atoms with Crippen LogP contribution in [0.1, 0.15) is 10.5 Å². The van der Waals surface area contributed by atoms with E-state index in [-0.39, 0.29) is 0 Å². The van der Waals surface area contributed by atoms with Crippen molar-refractivity contribution < 1.29 is 9.53 Å². The normalized spacial score (nSPS) is 10.8. The highest BCUT2D eigenvalue weighted by atomic mass is 32.1. The third kappa shape index (κ3) is 1.86. The predicted octanol–water partition coefficient (Wildman–Crippen LogP) is 2.43. The van der Waals surface area contributed by atoms with Crippen LogP contribution in [-0.4, -0.2) is 22.5 Å². The summed E-state index contributed by atoms with van der Waals surface area (Å²) in [6.07, 6.45) is 1.67. The number of nitrogens with zero attached hydrogens (tertiary/aromatic N) is 2. The summed E-state index contributed by atoms with van der Waals surface area (Å²) in [7, 11) is 1.34. The van der Waals surface area contributed by atoms with Crippen molar-refractivity contribution >= 4 is 28.0 Å². The first-order chi connectivity index (χ1) is 9.20. The van der Waals surface area contributed by atoms with Crippen LogP contribution in [0.4, 0.5) is 5.69 Å². The minimum Gasteiger partial charge on any atom is -0.464 e. The molecule has 2 N–H and O–H groups in total. The molecule has 2 aromatic heterocycles. The van der Waals surface area contributed by atoms with Crippen molar-refractivity contribution in [3.05, 3.63) is 41.5 Å². The molecule has 0 fully saturated rings. The van der Waals surface area contributed by atoms with Gasteiger partial charge in [0.15, 0.2) is 10.7 Å². The number of benzene rings is 1. The number of para-hydroxylation sites is 1. The second kappa shape index (κ2) is 4.40. The molecular formula is C13H11N3O2S. The van der Waals surface area contributed by atoms with E-state index in [4.69, 9.17) is 5.73 Å². The monoisotopic (exact) mass is 273 g/mol. The van der Waals surface area contributed by atoms with Crippen molar-refractivity contribution in [1.82, 2.24) is 9.38 Å². The molecule has 0 amide bonds. The van der Waals surface area contributed by atoms with E-state index in [9.17, 15) is 4.79 Å². The average Bonchev–Trinajstić information content (AvgIpc) is 2.98. The van der Waals surface area contributed by atoms with Crippen LogP contribution >= 0.6 is 11.3 Å². The molecule has 0 aliphatic rings. The quantitative estimate of drug-likeness (QED) is 0.575. The lowest BCUT2D eigenvalue weighted by Crippen LogP contribution is -2.00. The SMILES string of the molecule is COC(=O)c1cn2c(-c3ccccc3N)csc2n1. The molecule has 0 unspecified atom stereocenters. The van der Waals surface area contributed by atoms with Crippen LogP contribution in [0.3, 0.4) is 0 Å². The summed E-state index contributed by atoms with van der Waals surface area (Å²) in [6, 6.07) is 7.59.